The number of aromatic nitrogens is 3. The smallest absolute Gasteiger partial charge is 0.244 e. The summed E-state index contributed by atoms with van der Waals surface area (Å²) in [6.07, 6.45) is 5.89. The molecule has 5 rings (SSSR count). The van der Waals surface area contributed by atoms with Crippen LogP contribution in [0.2, 0.25) is 0 Å². The highest BCUT2D eigenvalue weighted by Gasteiger charge is 2.35. The zero-order valence-electron chi connectivity index (χ0n) is 41.9. The number of aliphatic imine (C=N–C) groups is 1. The average molecular weight is 1070 g/mol. The first-order valence-corrected chi connectivity index (χ1v) is 27.0. The number of carbonyl (C=O) groups excluding carboxylic acids is 9. The lowest BCUT2D eigenvalue weighted by molar-refractivity contribution is -0.135. The summed E-state index contributed by atoms with van der Waals surface area (Å²) in [5, 5.41) is 22.3. The predicted octanol–water partition coefficient (Wildman–Crippen LogP) is -1.04. The molecule has 0 bridgehead atoms. The lowest BCUT2D eigenvalue weighted by Crippen LogP contribution is -2.61. The van der Waals surface area contributed by atoms with Gasteiger partial charge in [-0.05, 0) is 43.4 Å². The first-order chi connectivity index (χ1) is 35.9. The number of H-pyrrole nitrogens is 2. The van der Waals surface area contributed by atoms with Crippen LogP contribution in [0.5, 0.6) is 0 Å². The molecule has 0 saturated carbocycles. The summed E-state index contributed by atoms with van der Waals surface area (Å²) in [7, 11) is 2.09. The number of rotatable bonds is 17. The number of hydrogen-bond acceptors (Lipinski definition) is 13. The van der Waals surface area contributed by atoms with E-state index in [0.717, 1.165) is 32.5 Å². The molecule has 2 aromatic heterocycles. The summed E-state index contributed by atoms with van der Waals surface area (Å²) in [5.74, 6) is -7.34. The van der Waals surface area contributed by atoms with Gasteiger partial charge < -0.3 is 69.7 Å². The van der Waals surface area contributed by atoms with Gasteiger partial charge in [0.25, 0.3) is 0 Å². The van der Waals surface area contributed by atoms with E-state index in [0.29, 0.717) is 29.7 Å². The van der Waals surface area contributed by atoms with E-state index in [1.54, 1.807) is 36.5 Å². The number of hydrogen-bond donors (Lipinski definition) is 13. The van der Waals surface area contributed by atoms with Gasteiger partial charge >= 0.3 is 0 Å². The van der Waals surface area contributed by atoms with Crippen LogP contribution in [0.25, 0.3) is 10.9 Å². The third kappa shape index (κ3) is 18.7. The van der Waals surface area contributed by atoms with E-state index in [-0.39, 0.29) is 62.5 Å². The normalized spacial score (nSPS) is 22.2. The van der Waals surface area contributed by atoms with Crippen LogP contribution < -0.4 is 59.7 Å². The second-order valence-electron chi connectivity index (χ2n) is 17.9. The molecule has 404 valence electrons. The van der Waals surface area contributed by atoms with Crippen molar-refractivity contribution in [3.63, 3.8) is 0 Å². The minimum atomic E-state index is -1.37. The third-order valence-corrected chi connectivity index (χ3v) is 14.4. The molecule has 16 N–H and O–H groups in total. The van der Waals surface area contributed by atoms with Gasteiger partial charge in [-0.1, -0.05) is 89.9 Å². The van der Waals surface area contributed by atoms with Gasteiger partial charge in [-0.3, -0.25) is 48.1 Å². The number of primary amides is 1. The average Bonchev–Trinajstić information content (AvgIpc) is 4.05. The van der Waals surface area contributed by atoms with Gasteiger partial charge in [0.1, 0.15) is 48.3 Å². The number of unbranched alkanes of at least 4 members (excludes halogenated alkanes) is 1. The number of nitrogens with two attached hydrogens (primary N) is 3. The first-order valence-electron chi connectivity index (χ1n) is 24.5. The van der Waals surface area contributed by atoms with Crippen molar-refractivity contribution in [3.8, 4) is 0 Å². The Morgan fingerprint density at radius 3 is 2.03 bits per heavy atom. The number of para-hydroxylation sites is 1. The summed E-state index contributed by atoms with van der Waals surface area (Å²) >= 11 is 0. The number of nitrogens with zero attached hydrogens (tertiary/aromatic N) is 2. The fourth-order valence-corrected chi connectivity index (χ4v) is 10.3. The SMILES string of the molecule is CCCC[C@H](NC(C)=O)C(=O)N[C@H]1CSSC[C@@H](C(N)=O)NC(=O)[C@H](Cc2c[nH]c3ccccc23)NC(=O)[C@H](CCCN=C(N)N)NC(=O)[C@@H](Cc2ccccc2)NC(=O)[C@H](Cc2cnc[nH]2)NC(=O)[C@@H](C)NC1=O. The monoisotopic (exact) mass is 1070 g/mol. The fraction of sp³-hybridized carbons (Fsp3) is 0.449. The first kappa shape index (κ1) is 58.3. The van der Waals surface area contributed by atoms with Crippen LogP contribution in [0, 0.1) is 0 Å². The molecule has 0 unspecified atom stereocenters. The maximum atomic E-state index is 14.6. The molecule has 0 aliphatic carbocycles. The molecular weight excluding hydrogens is 1010 g/mol. The van der Waals surface area contributed by atoms with Gasteiger partial charge in [-0.25, -0.2) is 4.98 Å². The van der Waals surface area contributed by atoms with Crippen LogP contribution in [-0.2, 0) is 62.4 Å². The van der Waals surface area contributed by atoms with Gasteiger partial charge in [-0.2, -0.15) is 0 Å². The van der Waals surface area contributed by atoms with Crippen LogP contribution in [0.1, 0.15) is 69.7 Å². The van der Waals surface area contributed by atoms with E-state index < -0.39 is 101 Å². The number of amides is 9. The maximum absolute atomic E-state index is 14.6. The molecule has 0 spiro atoms. The number of nitrogens with one attached hydrogen (secondary N) is 10. The Balaban J connectivity index is 1.56. The Kier molecular flexibility index (Phi) is 22.8. The number of guanidine groups is 1. The lowest BCUT2D eigenvalue weighted by Gasteiger charge is -2.27. The van der Waals surface area contributed by atoms with Crippen LogP contribution in [0.15, 0.2) is 78.3 Å². The van der Waals surface area contributed by atoms with Crippen molar-refractivity contribution in [3.05, 3.63) is 90.1 Å². The Morgan fingerprint density at radius 2 is 1.36 bits per heavy atom. The van der Waals surface area contributed by atoms with Crippen molar-refractivity contribution < 1.29 is 43.2 Å². The van der Waals surface area contributed by atoms with E-state index in [4.69, 9.17) is 17.2 Å². The maximum Gasteiger partial charge on any atom is 0.244 e. The predicted molar refractivity (Wildman–Crippen MR) is 285 cm³/mol. The minimum Gasteiger partial charge on any atom is -0.370 e. The Bertz CT molecular complexity index is 2630. The van der Waals surface area contributed by atoms with Gasteiger partial charge in [0.15, 0.2) is 5.96 Å². The Labute approximate surface area is 441 Å². The topological polar surface area (TPSA) is 385 Å². The summed E-state index contributed by atoms with van der Waals surface area (Å²) in [5.41, 5.74) is 19.5. The van der Waals surface area contributed by atoms with E-state index >= 15 is 0 Å². The molecule has 1 aliphatic rings. The van der Waals surface area contributed by atoms with E-state index in [9.17, 15) is 43.2 Å². The second kappa shape index (κ2) is 29.3. The van der Waals surface area contributed by atoms with Crippen molar-refractivity contribution in [1.29, 1.82) is 0 Å². The molecule has 3 heterocycles. The number of fused-ring (bicyclic) bond motifs is 1. The van der Waals surface area contributed by atoms with Crippen LogP contribution in [-0.4, -0.2) is 140 Å². The molecule has 8 atom stereocenters. The largest absolute Gasteiger partial charge is 0.370 e. The molecule has 1 saturated heterocycles. The Hall–Kier alpha value is -7.61. The lowest BCUT2D eigenvalue weighted by atomic mass is 10.0. The molecule has 75 heavy (non-hydrogen) atoms. The second-order valence-corrected chi connectivity index (χ2v) is 20.5. The van der Waals surface area contributed by atoms with Crippen molar-refractivity contribution in [2.75, 3.05) is 18.1 Å². The quantitative estimate of drug-likeness (QED) is 0.0260. The number of benzene rings is 2. The van der Waals surface area contributed by atoms with Crippen LogP contribution in [0.4, 0.5) is 0 Å². The number of carbonyl (C=O) groups is 9. The Morgan fingerprint density at radius 1 is 0.733 bits per heavy atom. The molecule has 0 radical (unpaired) electrons. The van der Waals surface area contributed by atoms with Crippen molar-refractivity contribution in [2.24, 2.45) is 22.2 Å². The van der Waals surface area contributed by atoms with Crippen molar-refractivity contribution >= 4 is 91.6 Å². The van der Waals surface area contributed by atoms with Crippen molar-refractivity contribution in [1.82, 2.24) is 57.5 Å². The molecule has 2 aromatic carbocycles. The zero-order chi connectivity index (χ0) is 54.4. The summed E-state index contributed by atoms with van der Waals surface area (Å²) in [4.78, 5) is 139. The highest BCUT2D eigenvalue weighted by molar-refractivity contribution is 8.76. The van der Waals surface area contributed by atoms with Gasteiger partial charge in [0.05, 0.1) is 6.33 Å². The summed E-state index contributed by atoms with van der Waals surface area (Å²) in [6.45, 7) is 4.62. The van der Waals surface area contributed by atoms with E-state index in [1.807, 2.05) is 31.2 Å². The minimum absolute atomic E-state index is 0.0459. The third-order valence-electron chi connectivity index (χ3n) is 12.0. The van der Waals surface area contributed by atoms with Gasteiger partial charge in [-0.15, -0.1) is 0 Å². The molecule has 1 aliphatic heterocycles. The molecule has 26 heteroatoms. The van der Waals surface area contributed by atoms with E-state index in [1.165, 1.54) is 26.4 Å². The molecule has 4 aromatic rings. The molecule has 1 fully saturated rings. The van der Waals surface area contributed by atoms with Crippen molar-refractivity contribution in [2.45, 2.75) is 120 Å². The van der Waals surface area contributed by atoms with Gasteiger partial charge in [0, 0.05) is 73.2 Å². The van der Waals surface area contributed by atoms with E-state index in [2.05, 4.69) is 62.5 Å². The molecular formula is C49H67N15O9S2. The summed E-state index contributed by atoms with van der Waals surface area (Å²) < 4.78 is 0. The standard InChI is InChI=1S/C49H67N15O9S2/c1-4-5-15-34(58-28(3)65)43(68)64-40-25-75-74-24-39(41(50)66)63-46(71)37(20-30-22-55-33-16-10-9-14-32(30)33)62-44(69)35(17-11-18-54-49(51)52)59-45(70)36(19-29-12-7-6-8-13-29)61-47(72)38(21-31-23-53-26-56-31)60-42(67)27(2)57-48(40)73/h6-10,12-14,16,22-23,26-27,34-40,55H,4-5,11,15,17-21,24-25H2,1-3H3,(H2,50,66)(H,53,56)(H,57,73)(H,58,65)(H,59,70)(H,60,67)(H,61,72)(H,62,69)(H,63,71)(H,64,68)(H4,51,52,54)/t27-,34+,35+,36-,37+,38+,39+,40+/m1/s1. The molecule has 24 nitrogen and oxygen atoms in total. The molecule has 9 amide bonds. The van der Waals surface area contributed by atoms with Crippen LogP contribution in [0.3, 0.4) is 0 Å². The van der Waals surface area contributed by atoms with Gasteiger partial charge in [0.2, 0.25) is 53.2 Å². The highest BCUT2D eigenvalue weighted by atomic mass is 33.1. The number of aromatic amines is 2. The number of imidazole rings is 1. The summed E-state index contributed by atoms with van der Waals surface area (Å²) in [6, 6.07) is 5.64. The van der Waals surface area contributed by atoms with Crippen LogP contribution >= 0.6 is 21.6 Å². The fourth-order valence-electron chi connectivity index (χ4n) is 7.96. The highest BCUT2D eigenvalue weighted by Crippen LogP contribution is 2.24. The zero-order valence-corrected chi connectivity index (χ0v) is 43.6.